The molecule has 16 heavy (non-hydrogen) atoms. The Morgan fingerprint density at radius 1 is 1.50 bits per heavy atom. The minimum absolute atomic E-state index is 0.0738. The first-order valence-corrected chi connectivity index (χ1v) is 5.87. The Morgan fingerprint density at radius 2 is 2.25 bits per heavy atom. The molecule has 0 aromatic carbocycles. The number of aliphatic carboxylic acids is 1. The van der Waals surface area contributed by atoms with Gasteiger partial charge in [-0.25, -0.2) is 0 Å². The first-order valence-electron chi connectivity index (χ1n) is 5.87. The number of carboxylic acid groups (broad SMARTS) is 1. The summed E-state index contributed by atoms with van der Waals surface area (Å²) in [5, 5.41) is 11.8. The predicted octanol–water partition coefficient (Wildman–Crippen LogP) is 0.452. The molecule has 1 aliphatic heterocycles. The molecule has 1 aliphatic rings. The molecule has 0 bridgehead atoms. The number of likely N-dealkylation sites (tertiary alicyclic amines) is 1. The molecule has 0 radical (unpaired) electrons. The largest absolute Gasteiger partial charge is 0.481 e. The van der Waals surface area contributed by atoms with Crippen molar-refractivity contribution in [3.05, 3.63) is 0 Å². The lowest BCUT2D eigenvalue weighted by Crippen LogP contribution is -2.38. The summed E-state index contributed by atoms with van der Waals surface area (Å²) in [6, 6.07) is -0.0911. The van der Waals surface area contributed by atoms with Crippen LogP contribution in [0.5, 0.6) is 0 Å². The summed E-state index contributed by atoms with van der Waals surface area (Å²) >= 11 is 0. The average Bonchev–Trinajstić information content (AvgIpc) is 2.65. The Labute approximate surface area is 95.8 Å². The lowest BCUT2D eigenvalue weighted by molar-refractivity contribution is -0.139. The Kier molecular flexibility index (Phi) is 5.25. The Hall–Kier alpha value is -1.10. The number of carbonyl (C=O) groups excluding carboxylic acids is 1. The second-order valence-corrected chi connectivity index (χ2v) is 4.08. The highest BCUT2D eigenvalue weighted by molar-refractivity contribution is 5.78. The highest BCUT2D eigenvalue weighted by atomic mass is 16.4. The normalized spacial score (nSPS) is 20.1. The van der Waals surface area contributed by atoms with Crippen LogP contribution in [0.4, 0.5) is 0 Å². The maximum Gasteiger partial charge on any atom is 0.305 e. The summed E-state index contributed by atoms with van der Waals surface area (Å²) in [5.41, 5.74) is 0. The molecule has 92 valence electrons. The van der Waals surface area contributed by atoms with E-state index in [1.165, 1.54) is 0 Å². The van der Waals surface area contributed by atoms with Crippen LogP contribution in [0, 0.1) is 0 Å². The molecular weight excluding hydrogens is 208 g/mol. The quantitative estimate of drug-likeness (QED) is 0.648. The van der Waals surface area contributed by atoms with Crippen molar-refractivity contribution >= 4 is 11.9 Å². The third-order valence-corrected chi connectivity index (χ3v) is 2.87. The number of rotatable bonds is 6. The molecule has 5 nitrogen and oxygen atoms in total. The van der Waals surface area contributed by atoms with E-state index in [0.29, 0.717) is 19.5 Å². The fourth-order valence-electron chi connectivity index (χ4n) is 2.09. The van der Waals surface area contributed by atoms with Gasteiger partial charge in [0.05, 0.1) is 6.42 Å². The van der Waals surface area contributed by atoms with E-state index in [0.717, 1.165) is 19.4 Å². The van der Waals surface area contributed by atoms with E-state index < -0.39 is 5.97 Å². The average molecular weight is 228 g/mol. The van der Waals surface area contributed by atoms with Crippen molar-refractivity contribution in [3.63, 3.8) is 0 Å². The van der Waals surface area contributed by atoms with Crippen LogP contribution in [0.15, 0.2) is 0 Å². The van der Waals surface area contributed by atoms with Crippen molar-refractivity contribution in [2.45, 2.75) is 38.6 Å². The predicted molar refractivity (Wildman–Crippen MR) is 60.1 cm³/mol. The van der Waals surface area contributed by atoms with Crippen LogP contribution in [0.1, 0.15) is 32.6 Å². The van der Waals surface area contributed by atoms with Crippen LogP contribution in [-0.2, 0) is 9.59 Å². The smallest absolute Gasteiger partial charge is 0.305 e. The number of hydrogen-bond donors (Lipinski definition) is 2. The fourth-order valence-corrected chi connectivity index (χ4v) is 2.09. The van der Waals surface area contributed by atoms with Gasteiger partial charge in [-0.05, 0) is 19.4 Å². The van der Waals surface area contributed by atoms with E-state index in [-0.39, 0.29) is 18.4 Å². The highest BCUT2D eigenvalue weighted by Gasteiger charge is 2.29. The van der Waals surface area contributed by atoms with Gasteiger partial charge in [0.25, 0.3) is 0 Å². The van der Waals surface area contributed by atoms with Gasteiger partial charge in [0, 0.05) is 25.6 Å². The van der Waals surface area contributed by atoms with Gasteiger partial charge in [-0.1, -0.05) is 6.92 Å². The van der Waals surface area contributed by atoms with Crippen molar-refractivity contribution in [3.8, 4) is 0 Å². The molecule has 1 saturated heterocycles. The van der Waals surface area contributed by atoms with E-state index in [4.69, 9.17) is 5.11 Å². The van der Waals surface area contributed by atoms with Crippen molar-refractivity contribution in [2.24, 2.45) is 0 Å². The summed E-state index contributed by atoms with van der Waals surface area (Å²) in [5.74, 6) is -0.749. The zero-order chi connectivity index (χ0) is 12.0. The lowest BCUT2D eigenvalue weighted by Gasteiger charge is -2.23. The second-order valence-electron chi connectivity index (χ2n) is 4.08. The van der Waals surface area contributed by atoms with Gasteiger partial charge < -0.3 is 15.3 Å². The monoisotopic (exact) mass is 228 g/mol. The maximum absolute atomic E-state index is 11.8. The lowest BCUT2D eigenvalue weighted by atomic mass is 10.1. The van der Waals surface area contributed by atoms with Crippen LogP contribution >= 0.6 is 0 Å². The van der Waals surface area contributed by atoms with E-state index in [2.05, 4.69) is 5.32 Å². The van der Waals surface area contributed by atoms with Crippen molar-refractivity contribution in [1.29, 1.82) is 0 Å². The van der Waals surface area contributed by atoms with Gasteiger partial charge in [0.2, 0.25) is 5.91 Å². The minimum atomic E-state index is -0.823. The number of nitrogens with one attached hydrogen (secondary N) is 1. The highest BCUT2D eigenvalue weighted by Crippen LogP contribution is 2.20. The van der Waals surface area contributed by atoms with Gasteiger partial charge in [0.15, 0.2) is 0 Å². The Balaban J connectivity index is 2.38. The molecule has 0 saturated carbocycles. The van der Waals surface area contributed by atoms with E-state index in [1.807, 2.05) is 6.92 Å². The zero-order valence-electron chi connectivity index (χ0n) is 9.74. The summed E-state index contributed by atoms with van der Waals surface area (Å²) < 4.78 is 0. The van der Waals surface area contributed by atoms with Gasteiger partial charge in [-0.15, -0.1) is 0 Å². The van der Waals surface area contributed by atoms with Crippen LogP contribution in [0.3, 0.4) is 0 Å². The molecule has 1 heterocycles. The summed E-state index contributed by atoms with van der Waals surface area (Å²) in [7, 11) is 0. The molecule has 1 atom stereocenters. The molecule has 0 aromatic rings. The van der Waals surface area contributed by atoms with Gasteiger partial charge in [0.1, 0.15) is 0 Å². The molecule has 1 fully saturated rings. The molecule has 1 unspecified atom stereocenters. The molecule has 1 rings (SSSR count). The zero-order valence-corrected chi connectivity index (χ0v) is 9.74. The summed E-state index contributed by atoms with van der Waals surface area (Å²) in [6.45, 7) is 4.23. The first-order chi connectivity index (χ1) is 7.65. The SMILES string of the molecule is CCNCCC(=O)N1CCCC1CC(=O)O. The molecule has 0 aromatic heterocycles. The first kappa shape index (κ1) is 13.0. The standard InChI is InChI=1S/C11H20N2O3/c1-2-12-6-5-10(14)13-7-3-4-9(13)8-11(15)16/h9,12H,2-8H2,1H3,(H,15,16). The minimum Gasteiger partial charge on any atom is -0.481 e. The van der Waals surface area contributed by atoms with Gasteiger partial charge in [-0.2, -0.15) is 0 Å². The molecule has 1 amide bonds. The van der Waals surface area contributed by atoms with Crippen molar-refractivity contribution in [1.82, 2.24) is 10.2 Å². The van der Waals surface area contributed by atoms with Gasteiger partial charge in [-0.3, -0.25) is 9.59 Å². The maximum atomic E-state index is 11.8. The van der Waals surface area contributed by atoms with Crippen LogP contribution in [-0.4, -0.2) is 47.6 Å². The van der Waals surface area contributed by atoms with Gasteiger partial charge >= 0.3 is 5.97 Å². The van der Waals surface area contributed by atoms with E-state index >= 15 is 0 Å². The van der Waals surface area contributed by atoms with Crippen molar-refractivity contribution in [2.75, 3.05) is 19.6 Å². The molecular formula is C11H20N2O3. The third-order valence-electron chi connectivity index (χ3n) is 2.87. The van der Waals surface area contributed by atoms with Crippen LogP contribution in [0.25, 0.3) is 0 Å². The molecule has 2 N–H and O–H groups in total. The number of nitrogens with zero attached hydrogens (tertiary/aromatic N) is 1. The molecule has 0 spiro atoms. The Bertz CT molecular complexity index is 256. The topological polar surface area (TPSA) is 69.6 Å². The number of carboxylic acids is 1. The number of carbonyl (C=O) groups is 2. The van der Waals surface area contributed by atoms with Crippen LogP contribution < -0.4 is 5.32 Å². The molecule has 0 aliphatic carbocycles. The summed E-state index contributed by atoms with van der Waals surface area (Å²) in [6.07, 6.45) is 2.28. The van der Waals surface area contributed by atoms with E-state index in [1.54, 1.807) is 4.90 Å². The molecule has 5 heteroatoms. The second kappa shape index (κ2) is 6.48. The van der Waals surface area contributed by atoms with E-state index in [9.17, 15) is 9.59 Å². The third kappa shape index (κ3) is 3.81. The Morgan fingerprint density at radius 3 is 2.88 bits per heavy atom. The summed E-state index contributed by atoms with van der Waals surface area (Å²) in [4.78, 5) is 24.2. The number of hydrogen-bond acceptors (Lipinski definition) is 3. The van der Waals surface area contributed by atoms with Crippen molar-refractivity contribution < 1.29 is 14.7 Å². The van der Waals surface area contributed by atoms with Crippen LogP contribution in [0.2, 0.25) is 0 Å². The fraction of sp³-hybridized carbons (Fsp3) is 0.818. The number of amides is 1.